The van der Waals surface area contributed by atoms with Crippen molar-refractivity contribution in [2.75, 3.05) is 0 Å². The Balaban J connectivity index is 1.58. The molecule has 1 aliphatic rings. The number of hydrogen-bond donors (Lipinski definition) is 2. The molecule has 1 amide bonds. The summed E-state index contributed by atoms with van der Waals surface area (Å²) < 4.78 is 5.77. The first-order chi connectivity index (χ1) is 10.7. The number of carbonyl (C=O) groups is 1. The summed E-state index contributed by atoms with van der Waals surface area (Å²) in [5, 5.41) is 3.27. The Bertz CT molecular complexity index is 625. The fraction of sp³-hybridized carbons (Fsp3) is 0.278. The van der Waals surface area contributed by atoms with Crippen LogP contribution in [0.15, 0.2) is 54.6 Å². The highest BCUT2D eigenvalue weighted by atomic mass is 16.5. The Morgan fingerprint density at radius 1 is 1.09 bits per heavy atom. The number of ether oxygens (including phenoxy) is 1. The summed E-state index contributed by atoms with van der Waals surface area (Å²) in [6.07, 6.45) is 1.73. The van der Waals surface area contributed by atoms with E-state index in [1.165, 1.54) is 0 Å². The fourth-order valence-corrected chi connectivity index (χ4v) is 2.77. The summed E-state index contributed by atoms with van der Waals surface area (Å²) in [5.41, 5.74) is 7.64. The quantitative estimate of drug-likeness (QED) is 0.891. The Labute approximate surface area is 130 Å². The van der Waals surface area contributed by atoms with E-state index in [0.29, 0.717) is 6.61 Å². The van der Waals surface area contributed by atoms with Crippen LogP contribution in [0.25, 0.3) is 0 Å². The predicted octanol–water partition coefficient (Wildman–Crippen LogP) is 2.54. The van der Waals surface area contributed by atoms with Gasteiger partial charge in [0, 0.05) is 6.04 Å². The van der Waals surface area contributed by atoms with E-state index in [9.17, 15) is 4.79 Å². The normalized spacial score (nSPS) is 20.7. The first kappa shape index (κ1) is 14.6. The van der Waals surface area contributed by atoms with Crippen LogP contribution in [-0.2, 0) is 11.4 Å². The predicted molar refractivity (Wildman–Crippen MR) is 85.3 cm³/mol. The first-order valence-corrected chi connectivity index (χ1v) is 7.54. The maximum atomic E-state index is 11.2. The third kappa shape index (κ3) is 3.46. The van der Waals surface area contributed by atoms with Gasteiger partial charge < -0.3 is 10.5 Å². The molecule has 0 unspecified atom stereocenters. The highest BCUT2D eigenvalue weighted by molar-refractivity contribution is 5.80. The van der Waals surface area contributed by atoms with Crippen molar-refractivity contribution in [1.29, 1.82) is 0 Å². The van der Waals surface area contributed by atoms with E-state index in [1.807, 2.05) is 54.6 Å². The smallest absolute Gasteiger partial charge is 0.234 e. The second kappa shape index (κ2) is 6.62. The molecular weight excluding hydrogens is 276 g/mol. The minimum atomic E-state index is -0.273. The van der Waals surface area contributed by atoms with Crippen LogP contribution in [0.2, 0.25) is 0 Å². The van der Waals surface area contributed by atoms with Gasteiger partial charge in [0.05, 0.1) is 6.04 Å². The average molecular weight is 296 g/mol. The molecule has 2 aromatic carbocycles. The Hall–Kier alpha value is -2.33. The summed E-state index contributed by atoms with van der Waals surface area (Å²) >= 11 is 0. The number of benzene rings is 2. The van der Waals surface area contributed by atoms with Gasteiger partial charge >= 0.3 is 0 Å². The molecule has 1 saturated heterocycles. The van der Waals surface area contributed by atoms with E-state index in [0.717, 1.165) is 29.7 Å². The number of carbonyl (C=O) groups excluding carboxylic acids is 1. The number of nitrogens with one attached hydrogen (secondary N) is 1. The van der Waals surface area contributed by atoms with Crippen molar-refractivity contribution in [3.05, 3.63) is 65.7 Å². The largest absolute Gasteiger partial charge is 0.489 e. The molecule has 2 atom stereocenters. The molecule has 0 saturated carbocycles. The van der Waals surface area contributed by atoms with Gasteiger partial charge in [-0.3, -0.25) is 10.1 Å². The van der Waals surface area contributed by atoms with Crippen LogP contribution in [0.1, 0.15) is 30.0 Å². The minimum Gasteiger partial charge on any atom is -0.489 e. The van der Waals surface area contributed by atoms with Gasteiger partial charge in [0.1, 0.15) is 12.4 Å². The van der Waals surface area contributed by atoms with Crippen LogP contribution in [0, 0.1) is 0 Å². The van der Waals surface area contributed by atoms with Gasteiger partial charge in [0.15, 0.2) is 0 Å². The molecule has 0 spiro atoms. The Morgan fingerprint density at radius 3 is 2.45 bits per heavy atom. The Kier molecular flexibility index (Phi) is 4.39. The van der Waals surface area contributed by atoms with Gasteiger partial charge in [0.25, 0.3) is 0 Å². The van der Waals surface area contributed by atoms with E-state index in [1.54, 1.807) is 0 Å². The third-order valence-electron chi connectivity index (χ3n) is 4.02. The molecule has 1 aliphatic heterocycles. The summed E-state index contributed by atoms with van der Waals surface area (Å²) in [4.78, 5) is 11.2. The number of nitrogens with two attached hydrogens (primary N) is 1. The Morgan fingerprint density at radius 2 is 1.82 bits per heavy atom. The summed E-state index contributed by atoms with van der Waals surface area (Å²) in [7, 11) is 0. The van der Waals surface area contributed by atoms with Crippen LogP contribution in [0.3, 0.4) is 0 Å². The van der Waals surface area contributed by atoms with Gasteiger partial charge in [-0.2, -0.15) is 0 Å². The van der Waals surface area contributed by atoms with Crippen LogP contribution >= 0.6 is 0 Å². The standard InChI is InChI=1S/C18H20N2O2/c19-18(21)17-11-10-16(20-17)14-6-8-15(9-7-14)22-12-13-4-2-1-3-5-13/h1-9,16-17,20H,10-12H2,(H2,19,21)/t16-,17-/m0/s1. The second-order valence-corrected chi connectivity index (χ2v) is 5.59. The molecule has 0 bridgehead atoms. The van der Waals surface area contributed by atoms with Crippen molar-refractivity contribution < 1.29 is 9.53 Å². The highest BCUT2D eigenvalue weighted by Crippen LogP contribution is 2.27. The van der Waals surface area contributed by atoms with Gasteiger partial charge in [-0.1, -0.05) is 42.5 Å². The van der Waals surface area contributed by atoms with Crippen molar-refractivity contribution in [3.63, 3.8) is 0 Å². The van der Waals surface area contributed by atoms with Crippen LogP contribution in [-0.4, -0.2) is 11.9 Å². The zero-order valence-corrected chi connectivity index (χ0v) is 12.4. The molecule has 3 N–H and O–H groups in total. The topological polar surface area (TPSA) is 64.4 Å². The number of primary amides is 1. The summed E-state index contributed by atoms with van der Waals surface area (Å²) in [6.45, 7) is 0.561. The van der Waals surface area contributed by atoms with E-state index in [2.05, 4.69) is 5.32 Å². The molecule has 114 valence electrons. The molecule has 1 fully saturated rings. The molecule has 2 aromatic rings. The molecule has 0 aromatic heterocycles. The number of rotatable bonds is 5. The van der Waals surface area contributed by atoms with Crippen molar-refractivity contribution in [3.8, 4) is 5.75 Å². The fourth-order valence-electron chi connectivity index (χ4n) is 2.77. The van der Waals surface area contributed by atoms with Crippen LogP contribution in [0.5, 0.6) is 5.75 Å². The van der Waals surface area contributed by atoms with E-state index in [-0.39, 0.29) is 18.0 Å². The van der Waals surface area contributed by atoms with Gasteiger partial charge in [-0.05, 0) is 36.1 Å². The summed E-state index contributed by atoms with van der Waals surface area (Å²) in [5.74, 6) is 0.572. The monoisotopic (exact) mass is 296 g/mol. The SMILES string of the molecule is NC(=O)[C@@H]1CC[C@@H](c2ccc(OCc3ccccc3)cc2)N1. The van der Waals surface area contributed by atoms with Crippen molar-refractivity contribution in [1.82, 2.24) is 5.32 Å². The van der Waals surface area contributed by atoms with Crippen molar-refractivity contribution in [2.45, 2.75) is 31.5 Å². The molecule has 0 radical (unpaired) electrons. The zero-order chi connectivity index (χ0) is 15.4. The highest BCUT2D eigenvalue weighted by Gasteiger charge is 2.28. The lowest BCUT2D eigenvalue weighted by atomic mass is 10.1. The van der Waals surface area contributed by atoms with Crippen molar-refractivity contribution >= 4 is 5.91 Å². The minimum absolute atomic E-state index is 0.195. The maximum Gasteiger partial charge on any atom is 0.234 e. The first-order valence-electron chi connectivity index (χ1n) is 7.54. The van der Waals surface area contributed by atoms with E-state index >= 15 is 0 Å². The van der Waals surface area contributed by atoms with Crippen LogP contribution < -0.4 is 15.8 Å². The lowest BCUT2D eigenvalue weighted by Crippen LogP contribution is -2.37. The molecule has 4 nitrogen and oxygen atoms in total. The van der Waals surface area contributed by atoms with Gasteiger partial charge in [0.2, 0.25) is 5.91 Å². The van der Waals surface area contributed by atoms with Crippen LogP contribution in [0.4, 0.5) is 0 Å². The average Bonchev–Trinajstić information content (AvgIpc) is 3.05. The molecule has 0 aliphatic carbocycles. The second-order valence-electron chi connectivity index (χ2n) is 5.59. The maximum absolute atomic E-state index is 11.2. The molecule has 22 heavy (non-hydrogen) atoms. The number of hydrogen-bond acceptors (Lipinski definition) is 3. The van der Waals surface area contributed by atoms with Gasteiger partial charge in [-0.25, -0.2) is 0 Å². The molecule has 1 heterocycles. The molecule has 4 heteroatoms. The van der Waals surface area contributed by atoms with E-state index in [4.69, 9.17) is 10.5 Å². The van der Waals surface area contributed by atoms with E-state index < -0.39 is 0 Å². The lowest BCUT2D eigenvalue weighted by molar-refractivity contribution is -0.119. The lowest BCUT2D eigenvalue weighted by Gasteiger charge is -2.13. The van der Waals surface area contributed by atoms with Gasteiger partial charge in [-0.15, -0.1) is 0 Å². The molecular formula is C18H20N2O2. The van der Waals surface area contributed by atoms with Crippen molar-refractivity contribution in [2.24, 2.45) is 5.73 Å². The number of amides is 1. The third-order valence-corrected chi connectivity index (χ3v) is 4.02. The summed E-state index contributed by atoms with van der Waals surface area (Å²) in [6, 6.07) is 18.1. The molecule has 3 rings (SSSR count). The zero-order valence-electron chi connectivity index (χ0n) is 12.4.